The summed E-state index contributed by atoms with van der Waals surface area (Å²) in [4.78, 5) is 16.6. The van der Waals surface area contributed by atoms with E-state index in [1.54, 1.807) is 10.7 Å². The van der Waals surface area contributed by atoms with Gasteiger partial charge in [-0.3, -0.25) is 9.80 Å². The molecule has 6 nitrogen and oxygen atoms in total. The molecule has 0 N–H and O–H groups in total. The van der Waals surface area contributed by atoms with Gasteiger partial charge in [0.25, 0.3) is 0 Å². The lowest BCUT2D eigenvalue weighted by molar-refractivity contribution is 0.113. The van der Waals surface area contributed by atoms with Gasteiger partial charge < -0.3 is 4.74 Å². The van der Waals surface area contributed by atoms with Crippen molar-refractivity contribution in [3.8, 4) is 5.69 Å². The van der Waals surface area contributed by atoms with Crippen LogP contribution in [0.2, 0.25) is 0 Å². The SMILES string of the molecule is O=C1O[C@@H]2CN(Cc3cnn(-c4cccc(F)c4)c3)C[C@@H]2N1C1CCCC1. The standard InChI is InChI=1S/C20H23FN4O2/c21-15-4-3-7-17(8-15)24-11-14(9-22-24)10-23-12-18-19(13-23)27-20(26)25(18)16-5-1-2-6-16/h3-4,7-9,11,16,18-19H,1-2,5-6,10,12-13H2/t18-,19+/m0/s1. The van der Waals surface area contributed by atoms with E-state index in [4.69, 9.17) is 4.74 Å². The Hall–Kier alpha value is -2.41. The van der Waals surface area contributed by atoms with Crippen molar-refractivity contribution in [3.63, 3.8) is 0 Å². The highest BCUT2D eigenvalue weighted by molar-refractivity contribution is 5.71. The molecule has 0 bridgehead atoms. The van der Waals surface area contributed by atoms with Gasteiger partial charge in [0.2, 0.25) is 0 Å². The van der Waals surface area contributed by atoms with Gasteiger partial charge in [0, 0.05) is 37.4 Å². The normalized spacial score (nSPS) is 26.0. The third-order valence-electron chi connectivity index (χ3n) is 5.97. The highest BCUT2D eigenvalue weighted by Crippen LogP contribution is 2.34. The lowest BCUT2D eigenvalue weighted by Crippen LogP contribution is -2.43. The Labute approximate surface area is 157 Å². The van der Waals surface area contributed by atoms with E-state index in [0.717, 1.165) is 38.0 Å². The van der Waals surface area contributed by atoms with Crippen LogP contribution in [0, 0.1) is 5.82 Å². The van der Waals surface area contributed by atoms with Crippen LogP contribution in [-0.4, -0.2) is 57.0 Å². The van der Waals surface area contributed by atoms with Gasteiger partial charge in [-0.1, -0.05) is 18.9 Å². The first-order chi connectivity index (χ1) is 13.2. The minimum absolute atomic E-state index is 0.0311. The van der Waals surface area contributed by atoms with E-state index in [-0.39, 0.29) is 24.1 Å². The highest BCUT2D eigenvalue weighted by Gasteiger charge is 2.50. The predicted octanol–water partition coefficient (Wildman–Crippen LogP) is 2.96. The fourth-order valence-corrected chi connectivity index (χ4v) is 4.73. The Kier molecular flexibility index (Phi) is 4.11. The van der Waals surface area contributed by atoms with Crippen LogP contribution in [0.3, 0.4) is 0 Å². The Morgan fingerprint density at radius 3 is 2.89 bits per heavy atom. The van der Waals surface area contributed by atoms with Gasteiger partial charge in [0.15, 0.2) is 0 Å². The number of amides is 1. The third-order valence-corrected chi connectivity index (χ3v) is 5.97. The quantitative estimate of drug-likeness (QED) is 0.830. The van der Waals surface area contributed by atoms with E-state index >= 15 is 0 Å². The number of carbonyl (C=O) groups is 1. The van der Waals surface area contributed by atoms with Crippen LogP contribution in [0.15, 0.2) is 36.7 Å². The highest BCUT2D eigenvalue weighted by atomic mass is 19.1. The molecule has 0 unspecified atom stereocenters. The molecule has 2 aromatic rings. The van der Waals surface area contributed by atoms with E-state index < -0.39 is 0 Å². The van der Waals surface area contributed by atoms with Crippen molar-refractivity contribution < 1.29 is 13.9 Å². The molecule has 3 fully saturated rings. The summed E-state index contributed by atoms with van der Waals surface area (Å²) in [6.07, 6.45) is 8.19. The Morgan fingerprint density at radius 1 is 1.22 bits per heavy atom. The molecular formula is C20H23FN4O2. The predicted molar refractivity (Wildman–Crippen MR) is 97.0 cm³/mol. The second kappa shape index (κ2) is 6.64. The van der Waals surface area contributed by atoms with E-state index in [0.29, 0.717) is 11.7 Å². The van der Waals surface area contributed by atoms with Crippen molar-refractivity contribution in [3.05, 3.63) is 48.0 Å². The maximum absolute atomic E-state index is 13.4. The Morgan fingerprint density at radius 2 is 2.07 bits per heavy atom. The second-order valence-corrected chi connectivity index (χ2v) is 7.80. The molecule has 0 spiro atoms. The lowest BCUT2D eigenvalue weighted by atomic mass is 10.1. The fraction of sp³-hybridized carbons (Fsp3) is 0.500. The Balaban J connectivity index is 1.26. The molecule has 2 atom stereocenters. The molecule has 1 saturated carbocycles. The van der Waals surface area contributed by atoms with E-state index in [9.17, 15) is 9.18 Å². The summed E-state index contributed by atoms with van der Waals surface area (Å²) >= 11 is 0. The minimum atomic E-state index is -0.272. The van der Waals surface area contributed by atoms with Crippen molar-refractivity contribution in [2.24, 2.45) is 0 Å². The number of hydrogen-bond donors (Lipinski definition) is 0. The molecule has 3 heterocycles. The van der Waals surface area contributed by atoms with Gasteiger partial charge in [-0.15, -0.1) is 0 Å². The van der Waals surface area contributed by atoms with Crippen molar-refractivity contribution in [2.75, 3.05) is 13.1 Å². The van der Waals surface area contributed by atoms with Crippen LogP contribution in [0.5, 0.6) is 0 Å². The zero-order valence-electron chi connectivity index (χ0n) is 15.1. The summed E-state index contributed by atoms with van der Waals surface area (Å²) in [7, 11) is 0. The molecule has 1 aromatic heterocycles. The first-order valence-corrected chi connectivity index (χ1v) is 9.68. The van der Waals surface area contributed by atoms with Crippen LogP contribution in [0.4, 0.5) is 9.18 Å². The van der Waals surface area contributed by atoms with Gasteiger partial charge in [-0.25, -0.2) is 13.9 Å². The minimum Gasteiger partial charge on any atom is -0.442 e. The number of aromatic nitrogens is 2. The number of likely N-dealkylation sites (tertiary alicyclic amines) is 1. The van der Waals surface area contributed by atoms with E-state index in [2.05, 4.69) is 10.00 Å². The molecular weight excluding hydrogens is 347 g/mol. The van der Waals surface area contributed by atoms with Gasteiger partial charge in [0.1, 0.15) is 11.9 Å². The summed E-state index contributed by atoms with van der Waals surface area (Å²) in [5, 5.41) is 4.36. The molecule has 2 saturated heterocycles. The number of halogens is 1. The maximum Gasteiger partial charge on any atom is 0.410 e. The van der Waals surface area contributed by atoms with E-state index in [1.807, 2.05) is 23.4 Å². The molecule has 3 aliphatic rings. The molecule has 2 aliphatic heterocycles. The van der Waals surface area contributed by atoms with Crippen LogP contribution in [-0.2, 0) is 11.3 Å². The summed E-state index contributed by atoms with van der Waals surface area (Å²) < 4.78 is 20.8. The molecule has 1 aliphatic carbocycles. The average Bonchev–Trinajstić information content (AvgIpc) is 3.40. The largest absolute Gasteiger partial charge is 0.442 e. The number of carbonyl (C=O) groups excluding carboxylic acids is 1. The molecule has 142 valence electrons. The average molecular weight is 370 g/mol. The van der Waals surface area contributed by atoms with Crippen LogP contribution in [0.25, 0.3) is 5.69 Å². The summed E-state index contributed by atoms with van der Waals surface area (Å²) in [5.41, 5.74) is 1.78. The maximum atomic E-state index is 13.4. The Bertz CT molecular complexity index is 848. The lowest BCUT2D eigenvalue weighted by Gasteiger charge is -2.27. The molecule has 1 aromatic carbocycles. The zero-order valence-corrected chi connectivity index (χ0v) is 15.1. The number of rotatable bonds is 4. The molecule has 5 rings (SSSR count). The third kappa shape index (κ3) is 3.10. The summed E-state index contributed by atoms with van der Waals surface area (Å²) in [6, 6.07) is 6.92. The van der Waals surface area contributed by atoms with Crippen molar-refractivity contribution in [1.82, 2.24) is 19.6 Å². The van der Waals surface area contributed by atoms with Crippen molar-refractivity contribution in [2.45, 2.75) is 50.4 Å². The first-order valence-electron chi connectivity index (χ1n) is 9.68. The second-order valence-electron chi connectivity index (χ2n) is 7.80. The van der Waals surface area contributed by atoms with Crippen molar-refractivity contribution in [1.29, 1.82) is 0 Å². The van der Waals surface area contributed by atoms with E-state index in [1.165, 1.54) is 25.0 Å². The number of hydrogen-bond acceptors (Lipinski definition) is 4. The number of nitrogens with zero attached hydrogens (tertiary/aromatic N) is 4. The van der Waals surface area contributed by atoms with Gasteiger partial charge in [0.05, 0.1) is 17.9 Å². The van der Waals surface area contributed by atoms with Crippen LogP contribution >= 0.6 is 0 Å². The number of benzene rings is 1. The summed E-state index contributed by atoms with van der Waals surface area (Å²) in [5.74, 6) is -0.272. The zero-order chi connectivity index (χ0) is 18.4. The fourth-order valence-electron chi connectivity index (χ4n) is 4.73. The van der Waals surface area contributed by atoms with Crippen LogP contribution in [0.1, 0.15) is 31.2 Å². The van der Waals surface area contributed by atoms with Crippen LogP contribution < -0.4 is 0 Å². The topological polar surface area (TPSA) is 50.6 Å². The summed E-state index contributed by atoms with van der Waals surface area (Å²) in [6.45, 7) is 2.33. The number of ether oxygens (including phenoxy) is 1. The van der Waals surface area contributed by atoms with Gasteiger partial charge in [-0.2, -0.15) is 5.10 Å². The molecule has 0 radical (unpaired) electrons. The molecule has 27 heavy (non-hydrogen) atoms. The molecule has 7 heteroatoms. The molecule has 1 amide bonds. The smallest absolute Gasteiger partial charge is 0.410 e. The monoisotopic (exact) mass is 370 g/mol. The number of fused-ring (bicyclic) bond motifs is 1. The van der Waals surface area contributed by atoms with Gasteiger partial charge >= 0.3 is 6.09 Å². The van der Waals surface area contributed by atoms with Crippen molar-refractivity contribution >= 4 is 6.09 Å². The van der Waals surface area contributed by atoms with Gasteiger partial charge in [-0.05, 0) is 31.0 Å². The first kappa shape index (κ1) is 16.7.